The molecule has 0 atom stereocenters. The molecule has 2 rings (SSSR count). The lowest BCUT2D eigenvalue weighted by Crippen LogP contribution is -2.28. The molecule has 1 aliphatic rings. The van der Waals surface area contributed by atoms with E-state index >= 15 is 0 Å². The normalized spacial score (nSPS) is 15.7. The van der Waals surface area contributed by atoms with Crippen LogP contribution in [0.15, 0.2) is 23.1 Å². The Bertz CT molecular complexity index is 639. The quantitative estimate of drug-likeness (QED) is 0.803. The van der Waals surface area contributed by atoms with Crippen LogP contribution in [0.4, 0.5) is 5.69 Å². The second-order valence-corrected chi connectivity index (χ2v) is 6.97. The molecular formula is C14H21N3O4S. The molecule has 0 aliphatic carbocycles. The number of amides is 1. The topological polar surface area (TPSA) is 102 Å². The van der Waals surface area contributed by atoms with E-state index in [-0.39, 0.29) is 29.5 Å². The van der Waals surface area contributed by atoms with Crippen molar-refractivity contribution in [3.63, 3.8) is 0 Å². The first-order chi connectivity index (χ1) is 10.5. The van der Waals surface area contributed by atoms with Gasteiger partial charge >= 0.3 is 0 Å². The predicted octanol–water partition coefficient (Wildman–Crippen LogP) is 0.767. The molecule has 1 aromatic rings. The van der Waals surface area contributed by atoms with Crippen LogP contribution in [0, 0.1) is 0 Å². The van der Waals surface area contributed by atoms with Crippen LogP contribution in [0.5, 0.6) is 5.75 Å². The van der Waals surface area contributed by atoms with Crippen molar-refractivity contribution < 1.29 is 17.9 Å². The molecule has 7 nitrogen and oxygen atoms in total. The van der Waals surface area contributed by atoms with Gasteiger partial charge in [0.25, 0.3) is 0 Å². The Morgan fingerprint density at radius 2 is 2.05 bits per heavy atom. The monoisotopic (exact) mass is 327 g/mol. The van der Waals surface area contributed by atoms with Crippen molar-refractivity contribution in [2.75, 3.05) is 32.1 Å². The van der Waals surface area contributed by atoms with E-state index in [4.69, 9.17) is 10.5 Å². The summed E-state index contributed by atoms with van der Waals surface area (Å²) < 4.78 is 31.8. The van der Waals surface area contributed by atoms with Gasteiger partial charge in [0.15, 0.2) is 0 Å². The van der Waals surface area contributed by atoms with Crippen LogP contribution in [-0.4, -0.2) is 45.4 Å². The zero-order valence-corrected chi connectivity index (χ0v) is 13.4. The number of hydrogen-bond donors (Lipinski definition) is 2. The van der Waals surface area contributed by atoms with E-state index in [1.165, 1.54) is 23.5 Å². The second-order valence-electron chi connectivity index (χ2n) is 5.06. The number of carbonyl (C=O) groups is 1. The fourth-order valence-electron chi connectivity index (χ4n) is 2.38. The second kappa shape index (κ2) is 7.08. The molecule has 1 aliphatic heterocycles. The number of nitrogens with one attached hydrogen (secondary N) is 1. The van der Waals surface area contributed by atoms with Crippen LogP contribution < -0.4 is 15.8 Å². The summed E-state index contributed by atoms with van der Waals surface area (Å²) in [4.78, 5) is 11.7. The minimum absolute atomic E-state index is 0.119. The number of methoxy groups -OCH3 is 1. The van der Waals surface area contributed by atoms with E-state index in [0.717, 1.165) is 12.8 Å². The highest BCUT2D eigenvalue weighted by Gasteiger charge is 2.30. The van der Waals surface area contributed by atoms with Crippen LogP contribution in [-0.2, 0) is 14.8 Å². The van der Waals surface area contributed by atoms with Crippen LogP contribution in [0.25, 0.3) is 0 Å². The van der Waals surface area contributed by atoms with Gasteiger partial charge in [0.05, 0.1) is 7.11 Å². The Kier molecular flexibility index (Phi) is 5.38. The number of nitrogens with two attached hydrogens (primary N) is 1. The third-order valence-electron chi connectivity index (χ3n) is 3.50. The third kappa shape index (κ3) is 3.57. The summed E-state index contributed by atoms with van der Waals surface area (Å²) in [7, 11) is -2.15. The highest BCUT2D eigenvalue weighted by atomic mass is 32.2. The highest BCUT2D eigenvalue weighted by molar-refractivity contribution is 7.89. The molecule has 3 N–H and O–H groups in total. The largest absolute Gasteiger partial charge is 0.495 e. The molecule has 22 heavy (non-hydrogen) atoms. The maximum absolute atomic E-state index is 12.6. The predicted molar refractivity (Wildman–Crippen MR) is 83.3 cm³/mol. The van der Waals surface area contributed by atoms with Crippen LogP contribution in [0.2, 0.25) is 0 Å². The maximum Gasteiger partial charge on any atom is 0.246 e. The lowest BCUT2D eigenvalue weighted by molar-refractivity contribution is -0.116. The van der Waals surface area contributed by atoms with Crippen molar-refractivity contribution in [3.05, 3.63) is 18.2 Å². The Hall–Kier alpha value is -1.64. The molecule has 1 fully saturated rings. The highest BCUT2D eigenvalue weighted by Crippen LogP contribution is 2.31. The van der Waals surface area contributed by atoms with Crippen molar-refractivity contribution in [3.8, 4) is 5.75 Å². The molecule has 1 saturated heterocycles. The minimum Gasteiger partial charge on any atom is -0.495 e. The maximum atomic E-state index is 12.6. The number of anilines is 1. The number of sulfonamides is 1. The van der Waals surface area contributed by atoms with Crippen LogP contribution in [0.3, 0.4) is 0 Å². The number of carbonyl (C=O) groups excluding carboxylic acids is 1. The van der Waals surface area contributed by atoms with Crippen molar-refractivity contribution in [1.82, 2.24) is 4.31 Å². The molecule has 1 heterocycles. The SMILES string of the molecule is COc1cc(NC(=O)CCN)ccc1S(=O)(=O)N1CCCC1. The zero-order valence-electron chi connectivity index (χ0n) is 12.5. The summed E-state index contributed by atoms with van der Waals surface area (Å²) in [5.41, 5.74) is 5.80. The molecule has 0 bridgehead atoms. The van der Waals surface area contributed by atoms with Gasteiger partial charge in [-0.05, 0) is 25.0 Å². The Balaban J connectivity index is 2.27. The van der Waals surface area contributed by atoms with Gasteiger partial charge < -0.3 is 15.8 Å². The molecule has 0 spiro atoms. The molecular weight excluding hydrogens is 306 g/mol. The zero-order chi connectivity index (χ0) is 16.2. The molecule has 1 aromatic carbocycles. The van der Waals surface area contributed by atoms with Crippen molar-refractivity contribution in [2.45, 2.75) is 24.2 Å². The summed E-state index contributed by atoms with van der Waals surface area (Å²) in [6.45, 7) is 1.31. The first-order valence-corrected chi connectivity index (χ1v) is 8.61. The molecule has 8 heteroatoms. The van der Waals surface area contributed by atoms with E-state index in [1.807, 2.05) is 0 Å². The average Bonchev–Trinajstić information content (AvgIpc) is 3.02. The van der Waals surface area contributed by atoms with Gasteiger partial charge in [-0.1, -0.05) is 0 Å². The number of ether oxygens (including phenoxy) is 1. The summed E-state index contributed by atoms with van der Waals surface area (Å²) in [6, 6.07) is 4.53. The Morgan fingerprint density at radius 3 is 2.64 bits per heavy atom. The van der Waals surface area contributed by atoms with E-state index in [9.17, 15) is 13.2 Å². The smallest absolute Gasteiger partial charge is 0.246 e. The fourth-order valence-corrected chi connectivity index (χ4v) is 4.03. The van der Waals surface area contributed by atoms with E-state index in [0.29, 0.717) is 18.8 Å². The minimum atomic E-state index is -3.56. The summed E-state index contributed by atoms with van der Waals surface area (Å²) in [5, 5.41) is 2.66. The first-order valence-electron chi connectivity index (χ1n) is 7.17. The number of nitrogens with zero attached hydrogens (tertiary/aromatic N) is 1. The third-order valence-corrected chi connectivity index (χ3v) is 5.44. The number of rotatable bonds is 6. The summed E-state index contributed by atoms with van der Waals surface area (Å²) >= 11 is 0. The lowest BCUT2D eigenvalue weighted by atomic mass is 10.3. The summed E-state index contributed by atoms with van der Waals surface area (Å²) in [6.07, 6.45) is 1.94. The molecule has 1 amide bonds. The standard InChI is InChI=1S/C14H21N3O4S/c1-21-12-10-11(16-14(18)6-7-15)4-5-13(12)22(19,20)17-8-2-3-9-17/h4-5,10H,2-3,6-9,15H2,1H3,(H,16,18). The first kappa shape index (κ1) is 16.7. The van der Waals surface area contributed by atoms with Gasteiger partial charge in [-0.15, -0.1) is 0 Å². The van der Waals surface area contributed by atoms with Gasteiger partial charge in [0, 0.05) is 37.8 Å². The van der Waals surface area contributed by atoms with Crippen LogP contribution >= 0.6 is 0 Å². The van der Waals surface area contributed by atoms with Crippen molar-refractivity contribution in [2.24, 2.45) is 5.73 Å². The molecule has 0 aromatic heterocycles. The molecule has 0 saturated carbocycles. The number of hydrogen-bond acceptors (Lipinski definition) is 5. The van der Waals surface area contributed by atoms with Gasteiger partial charge in [0.2, 0.25) is 15.9 Å². The van der Waals surface area contributed by atoms with Gasteiger partial charge in [-0.25, -0.2) is 8.42 Å². The Labute approximate surface area is 130 Å². The fraction of sp³-hybridized carbons (Fsp3) is 0.500. The van der Waals surface area contributed by atoms with Gasteiger partial charge in [-0.3, -0.25) is 4.79 Å². The van der Waals surface area contributed by atoms with Crippen molar-refractivity contribution >= 4 is 21.6 Å². The van der Waals surface area contributed by atoms with E-state index < -0.39 is 10.0 Å². The molecule has 122 valence electrons. The molecule has 0 unspecified atom stereocenters. The average molecular weight is 327 g/mol. The molecule has 0 radical (unpaired) electrons. The Morgan fingerprint density at radius 1 is 1.36 bits per heavy atom. The lowest BCUT2D eigenvalue weighted by Gasteiger charge is -2.18. The van der Waals surface area contributed by atoms with E-state index in [2.05, 4.69) is 5.32 Å². The van der Waals surface area contributed by atoms with Gasteiger partial charge in [0.1, 0.15) is 10.6 Å². The van der Waals surface area contributed by atoms with Gasteiger partial charge in [-0.2, -0.15) is 4.31 Å². The summed E-state index contributed by atoms with van der Waals surface area (Å²) in [5.74, 6) is -0.00264. The van der Waals surface area contributed by atoms with E-state index in [1.54, 1.807) is 6.07 Å². The number of benzene rings is 1. The van der Waals surface area contributed by atoms with Crippen molar-refractivity contribution in [1.29, 1.82) is 0 Å². The van der Waals surface area contributed by atoms with Crippen LogP contribution in [0.1, 0.15) is 19.3 Å².